The Labute approximate surface area is 98.4 Å². The molecule has 0 aromatic carbocycles. The molecule has 1 unspecified atom stereocenters. The van der Waals surface area contributed by atoms with Gasteiger partial charge in [-0.1, -0.05) is 12.8 Å². The lowest BCUT2D eigenvalue weighted by atomic mass is 10.1. The third-order valence-electron chi connectivity index (χ3n) is 3.65. The summed E-state index contributed by atoms with van der Waals surface area (Å²) in [6.45, 7) is 4.09. The lowest BCUT2D eigenvalue weighted by Crippen LogP contribution is -2.52. The molecule has 16 heavy (non-hydrogen) atoms. The van der Waals surface area contributed by atoms with Crippen LogP contribution in [0.2, 0.25) is 0 Å². The van der Waals surface area contributed by atoms with E-state index in [0.717, 1.165) is 19.4 Å². The summed E-state index contributed by atoms with van der Waals surface area (Å²) < 4.78 is 26.0. The van der Waals surface area contributed by atoms with E-state index in [9.17, 15) is 8.42 Å². The molecule has 2 rings (SSSR count). The number of piperazine rings is 1. The van der Waals surface area contributed by atoms with Crippen LogP contribution >= 0.6 is 0 Å². The highest BCUT2D eigenvalue weighted by atomic mass is 32.2. The lowest BCUT2D eigenvalue weighted by molar-refractivity contribution is 0.308. The van der Waals surface area contributed by atoms with Gasteiger partial charge in [-0.05, 0) is 25.7 Å². The molecule has 1 saturated heterocycles. The minimum absolute atomic E-state index is 0.284. The van der Waals surface area contributed by atoms with Crippen molar-refractivity contribution in [3.05, 3.63) is 0 Å². The van der Waals surface area contributed by atoms with Gasteiger partial charge in [-0.25, -0.2) is 8.42 Å². The molecule has 1 saturated carbocycles. The van der Waals surface area contributed by atoms with Crippen molar-refractivity contribution in [3.63, 3.8) is 0 Å². The topological polar surface area (TPSA) is 49.4 Å². The van der Waals surface area contributed by atoms with Gasteiger partial charge in [-0.2, -0.15) is 4.31 Å². The fraction of sp³-hybridized carbons (Fsp3) is 1.00. The zero-order valence-corrected chi connectivity index (χ0v) is 10.8. The van der Waals surface area contributed by atoms with Crippen molar-refractivity contribution in [1.82, 2.24) is 9.62 Å². The minimum Gasteiger partial charge on any atom is -0.312 e. The largest absolute Gasteiger partial charge is 0.312 e. The molecule has 1 aliphatic carbocycles. The highest BCUT2D eigenvalue weighted by Gasteiger charge is 2.30. The Morgan fingerprint density at radius 3 is 2.62 bits per heavy atom. The van der Waals surface area contributed by atoms with Crippen LogP contribution in [-0.4, -0.2) is 44.2 Å². The molecule has 5 heteroatoms. The van der Waals surface area contributed by atoms with Crippen molar-refractivity contribution in [3.8, 4) is 0 Å². The molecular weight excluding hydrogens is 224 g/mol. The third kappa shape index (κ3) is 2.96. The summed E-state index contributed by atoms with van der Waals surface area (Å²) in [7, 11) is -3.01. The number of sulfonamides is 1. The third-order valence-corrected chi connectivity index (χ3v) is 5.66. The van der Waals surface area contributed by atoms with Crippen molar-refractivity contribution >= 4 is 10.0 Å². The van der Waals surface area contributed by atoms with Gasteiger partial charge >= 0.3 is 0 Å². The molecule has 0 bridgehead atoms. The molecule has 0 radical (unpaired) electrons. The Morgan fingerprint density at radius 1 is 1.31 bits per heavy atom. The highest BCUT2D eigenvalue weighted by molar-refractivity contribution is 7.89. The average molecular weight is 246 g/mol. The summed E-state index contributed by atoms with van der Waals surface area (Å²) in [6.07, 6.45) is 4.61. The van der Waals surface area contributed by atoms with Crippen LogP contribution in [0, 0.1) is 5.92 Å². The molecule has 2 fully saturated rings. The number of rotatable bonds is 3. The fourth-order valence-corrected chi connectivity index (χ4v) is 4.69. The fourth-order valence-electron chi connectivity index (χ4n) is 2.73. The van der Waals surface area contributed by atoms with E-state index in [4.69, 9.17) is 0 Å². The molecule has 4 nitrogen and oxygen atoms in total. The Hall–Kier alpha value is -0.130. The number of nitrogens with zero attached hydrogens (tertiary/aromatic N) is 1. The molecule has 0 amide bonds. The van der Waals surface area contributed by atoms with Crippen LogP contribution in [0.1, 0.15) is 32.6 Å². The lowest BCUT2D eigenvalue weighted by Gasteiger charge is -2.31. The molecular formula is C11H22N2O2S. The van der Waals surface area contributed by atoms with Gasteiger partial charge in [0.05, 0.1) is 5.75 Å². The maximum absolute atomic E-state index is 12.2. The van der Waals surface area contributed by atoms with Gasteiger partial charge in [0.15, 0.2) is 0 Å². The maximum Gasteiger partial charge on any atom is 0.214 e. The predicted octanol–water partition coefficient (Wildman–Crippen LogP) is 0.800. The standard InChI is InChI=1S/C11H22N2O2S/c1-10-8-13(7-6-12-10)16(14,15)9-11-4-2-3-5-11/h10-12H,2-9H2,1H3. The Bertz CT molecular complexity index is 323. The van der Waals surface area contributed by atoms with Gasteiger partial charge in [0, 0.05) is 25.7 Å². The predicted molar refractivity (Wildman–Crippen MR) is 64.8 cm³/mol. The second-order valence-corrected chi connectivity index (χ2v) is 7.16. The smallest absolute Gasteiger partial charge is 0.214 e. The maximum atomic E-state index is 12.2. The van der Waals surface area contributed by atoms with Crippen molar-refractivity contribution in [2.75, 3.05) is 25.4 Å². The molecule has 94 valence electrons. The van der Waals surface area contributed by atoms with E-state index in [-0.39, 0.29) is 6.04 Å². The van der Waals surface area contributed by atoms with Gasteiger partial charge in [-0.3, -0.25) is 0 Å². The minimum atomic E-state index is -3.01. The molecule has 1 N–H and O–H groups in total. The summed E-state index contributed by atoms with van der Waals surface area (Å²) in [5.74, 6) is 0.787. The van der Waals surface area contributed by atoms with Crippen LogP contribution in [-0.2, 0) is 10.0 Å². The van der Waals surface area contributed by atoms with Gasteiger partial charge in [0.25, 0.3) is 0 Å². The first-order valence-corrected chi connectivity index (χ1v) is 7.90. The average Bonchev–Trinajstić information content (AvgIpc) is 2.70. The Morgan fingerprint density at radius 2 is 2.00 bits per heavy atom. The van der Waals surface area contributed by atoms with Crippen molar-refractivity contribution in [2.24, 2.45) is 5.92 Å². The van der Waals surface area contributed by atoms with E-state index in [0.29, 0.717) is 24.8 Å². The first-order valence-electron chi connectivity index (χ1n) is 6.29. The van der Waals surface area contributed by atoms with Gasteiger partial charge < -0.3 is 5.32 Å². The SMILES string of the molecule is CC1CN(S(=O)(=O)CC2CCCC2)CCN1. The number of hydrogen-bond donors (Lipinski definition) is 1. The second-order valence-electron chi connectivity index (χ2n) is 5.14. The second kappa shape index (κ2) is 5.02. The summed E-state index contributed by atoms with van der Waals surface area (Å²) in [5.41, 5.74) is 0. The van der Waals surface area contributed by atoms with E-state index in [2.05, 4.69) is 5.32 Å². The zero-order chi connectivity index (χ0) is 11.6. The van der Waals surface area contributed by atoms with Gasteiger partial charge in [0.2, 0.25) is 10.0 Å². The van der Waals surface area contributed by atoms with Crippen LogP contribution in [0.3, 0.4) is 0 Å². The molecule has 1 heterocycles. The van der Waals surface area contributed by atoms with Crippen LogP contribution in [0.25, 0.3) is 0 Å². The zero-order valence-electron chi connectivity index (χ0n) is 9.98. The van der Waals surface area contributed by atoms with E-state index >= 15 is 0 Å². The molecule has 1 atom stereocenters. The van der Waals surface area contributed by atoms with Crippen molar-refractivity contribution in [2.45, 2.75) is 38.6 Å². The van der Waals surface area contributed by atoms with Gasteiger partial charge in [0.1, 0.15) is 0 Å². The van der Waals surface area contributed by atoms with Crippen LogP contribution in [0.4, 0.5) is 0 Å². The van der Waals surface area contributed by atoms with E-state index < -0.39 is 10.0 Å². The summed E-state index contributed by atoms with van der Waals surface area (Å²) in [5, 5.41) is 3.27. The molecule has 2 aliphatic rings. The van der Waals surface area contributed by atoms with Gasteiger partial charge in [-0.15, -0.1) is 0 Å². The Kier molecular flexibility index (Phi) is 3.87. The van der Waals surface area contributed by atoms with Crippen LogP contribution < -0.4 is 5.32 Å². The van der Waals surface area contributed by atoms with Crippen molar-refractivity contribution in [1.29, 1.82) is 0 Å². The summed E-state index contributed by atoms with van der Waals surface area (Å²) in [4.78, 5) is 0. The van der Waals surface area contributed by atoms with Crippen molar-refractivity contribution < 1.29 is 8.42 Å². The van der Waals surface area contributed by atoms with E-state index in [1.807, 2.05) is 6.92 Å². The summed E-state index contributed by atoms with van der Waals surface area (Å²) >= 11 is 0. The Balaban J connectivity index is 1.94. The number of hydrogen-bond acceptors (Lipinski definition) is 3. The monoisotopic (exact) mass is 246 g/mol. The molecule has 0 aromatic rings. The quantitative estimate of drug-likeness (QED) is 0.801. The molecule has 0 spiro atoms. The normalized spacial score (nSPS) is 29.7. The first-order chi connectivity index (χ1) is 7.58. The number of nitrogens with one attached hydrogen (secondary N) is 1. The van der Waals surface area contributed by atoms with E-state index in [1.54, 1.807) is 4.31 Å². The highest BCUT2D eigenvalue weighted by Crippen LogP contribution is 2.27. The molecule has 0 aromatic heterocycles. The van der Waals surface area contributed by atoms with Crippen LogP contribution in [0.15, 0.2) is 0 Å². The van der Waals surface area contributed by atoms with E-state index in [1.165, 1.54) is 12.8 Å². The summed E-state index contributed by atoms with van der Waals surface area (Å²) in [6, 6.07) is 0.284. The van der Waals surface area contributed by atoms with Crippen LogP contribution in [0.5, 0.6) is 0 Å². The first kappa shape index (κ1) is 12.3. The molecule has 1 aliphatic heterocycles.